The van der Waals surface area contributed by atoms with Crippen LogP contribution < -0.4 is 5.73 Å². The molecule has 0 aliphatic heterocycles. The van der Waals surface area contributed by atoms with Crippen LogP contribution >= 0.6 is 0 Å². The molecule has 0 spiro atoms. The fraction of sp³-hybridized carbons (Fsp3) is 0.750. The van der Waals surface area contributed by atoms with Crippen LogP contribution in [0.3, 0.4) is 0 Å². The second-order valence-electron chi connectivity index (χ2n) is 4.21. The molecule has 2 N–H and O–H groups in total. The maximum absolute atomic E-state index is 6.07. The summed E-state index contributed by atoms with van der Waals surface area (Å²) in [6.07, 6.45) is 11.3. The summed E-state index contributed by atoms with van der Waals surface area (Å²) in [5, 5.41) is 0. The van der Waals surface area contributed by atoms with E-state index in [9.17, 15) is 0 Å². The van der Waals surface area contributed by atoms with Gasteiger partial charge in [0, 0.05) is 19.4 Å². The SMILES string of the molecule is CCCCCCCC(N)c1nccn1C. The predicted octanol–water partition coefficient (Wildman–Crippen LogP) is 2.78. The Hall–Kier alpha value is -0.830. The third kappa shape index (κ3) is 4.04. The molecular formula is C12H23N3. The molecule has 1 aromatic heterocycles. The summed E-state index contributed by atoms with van der Waals surface area (Å²) < 4.78 is 2.01. The van der Waals surface area contributed by atoms with Gasteiger partial charge in [-0.2, -0.15) is 0 Å². The highest BCUT2D eigenvalue weighted by Gasteiger charge is 2.09. The van der Waals surface area contributed by atoms with Crippen LogP contribution in [0.25, 0.3) is 0 Å². The van der Waals surface area contributed by atoms with Crippen LogP contribution in [0.15, 0.2) is 12.4 Å². The van der Waals surface area contributed by atoms with Gasteiger partial charge in [0.25, 0.3) is 0 Å². The zero-order valence-corrected chi connectivity index (χ0v) is 9.95. The molecule has 0 fully saturated rings. The molecular weight excluding hydrogens is 186 g/mol. The van der Waals surface area contributed by atoms with E-state index in [-0.39, 0.29) is 6.04 Å². The molecule has 15 heavy (non-hydrogen) atoms. The third-order valence-corrected chi connectivity index (χ3v) is 2.81. The molecule has 1 atom stereocenters. The number of imidazole rings is 1. The molecule has 1 aromatic rings. The average Bonchev–Trinajstić information content (AvgIpc) is 2.64. The van der Waals surface area contributed by atoms with Crippen LogP contribution in [0.4, 0.5) is 0 Å². The van der Waals surface area contributed by atoms with Crippen LogP contribution in [0.2, 0.25) is 0 Å². The van der Waals surface area contributed by atoms with Gasteiger partial charge in [-0.3, -0.25) is 0 Å². The number of aryl methyl sites for hydroxylation is 1. The smallest absolute Gasteiger partial charge is 0.125 e. The van der Waals surface area contributed by atoms with Crippen LogP contribution in [0, 0.1) is 0 Å². The maximum atomic E-state index is 6.07. The van der Waals surface area contributed by atoms with Crippen LogP contribution in [0.5, 0.6) is 0 Å². The number of nitrogens with zero attached hydrogens (tertiary/aromatic N) is 2. The number of hydrogen-bond acceptors (Lipinski definition) is 2. The lowest BCUT2D eigenvalue weighted by Gasteiger charge is -2.11. The molecule has 3 nitrogen and oxygen atoms in total. The highest BCUT2D eigenvalue weighted by molar-refractivity contribution is 4.97. The molecule has 0 bridgehead atoms. The summed E-state index contributed by atoms with van der Waals surface area (Å²) in [7, 11) is 2.00. The molecule has 0 saturated heterocycles. The molecule has 0 amide bonds. The predicted molar refractivity (Wildman–Crippen MR) is 63.5 cm³/mol. The Bertz CT molecular complexity index is 268. The van der Waals surface area contributed by atoms with E-state index in [0.29, 0.717) is 0 Å². The van der Waals surface area contributed by atoms with E-state index in [1.54, 1.807) is 0 Å². The van der Waals surface area contributed by atoms with Crippen molar-refractivity contribution >= 4 is 0 Å². The van der Waals surface area contributed by atoms with Crippen LogP contribution in [-0.4, -0.2) is 9.55 Å². The quantitative estimate of drug-likeness (QED) is 0.702. The van der Waals surface area contributed by atoms with Crippen molar-refractivity contribution in [3.63, 3.8) is 0 Å². The first-order chi connectivity index (χ1) is 7.25. The van der Waals surface area contributed by atoms with Crippen molar-refractivity contribution in [2.45, 2.75) is 51.5 Å². The van der Waals surface area contributed by atoms with Gasteiger partial charge in [-0.05, 0) is 6.42 Å². The van der Waals surface area contributed by atoms with E-state index in [1.165, 1.54) is 32.1 Å². The van der Waals surface area contributed by atoms with E-state index >= 15 is 0 Å². The van der Waals surface area contributed by atoms with Crippen molar-refractivity contribution in [2.24, 2.45) is 12.8 Å². The largest absolute Gasteiger partial charge is 0.337 e. The summed E-state index contributed by atoms with van der Waals surface area (Å²) in [6.45, 7) is 2.24. The number of unbranched alkanes of at least 4 members (excludes halogenated alkanes) is 4. The van der Waals surface area contributed by atoms with Gasteiger partial charge in [-0.25, -0.2) is 4.98 Å². The Labute approximate surface area is 92.7 Å². The van der Waals surface area contributed by atoms with Crippen molar-refractivity contribution in [1.82, 2.24) is 9.55 Å². The zero-order chi connectivity index (χ0) is 11.1. The number of nitrogens with two attached hydrogens (primary N) is 1. The minimum absolute atomic E-state index is 0.103. The van der Waals surface area contributed by atoms with Gasteiger partial charge < -0.3 is 10.3 Å². The van der Waals surface area contributed by atoms with Gasteiger partial charge in [0.1, 0.15) is 5.82 Å². The van der Waals surface area contributed by atoms with Gasteiger partial charge in [-0.1, -0.05) is 39.0 Å². The first-order valence-corrected chi connectivity index (χ1v) is 5.98. The number of hydrogen-bond donors (Lipinski definition) is 1. The van der Waals surface area contributed by atoms with Crippen LogP contribution in [0.1, 0.15) is 57.3 Å². The summed E-state index contributed by atoms with van der Waals surface area (Å²) in [4.78, 5) is 4.27. The summed E-state index contributed by atoms with van der Waals surface area (Å²) in [5.74, 6) is 1.01. The Morgan fingerprint density at radius 1 is 1.33 bits per heavy atom. The summed E-state index contributed by atoms with van der Waals surface area (Å²) in [5.41, 5.74) is 6.07. The van der Waals surface area contributed by atoms with E-state index in [0.717, 1.165) is 12.2 Å². The fourth-order valence-electron chi connectivity index (χ4n) is 1.83. The maximum Gasteiger partial charge on any atom is 0.125 e. The first-order valence-electron chi connectivity index (χ1n) is 5.98. The van der Waals surface area contributed by atoms with E-state index in [2.05, 4.69) is 11.9 Å². The lowest BCUT2D eigenvalue weighted by atomic mass is 10.1. The molecule has 0 saturated carbocycles. The molecule has 0 radical (unpaired) electrons. The monoisotopic (exact) mass is 209 g/mol. The fourth-order valence-corrected chi connectivity index (χ4v) is 1.83. The Kier molecular flexibility index (Phi) is 5.40. The first kappa shape index (κ1) is 12.2. The minimum atomic E-state index is 0.103. The van der Waals surface area contributed by atoms with Crippen molar-refractivity contribution in [3.05, 3.63) is 18.2 Å². The molecule has 0 aliphatic rings. The van der Waals surface area contributed by atoms with Gasteiger partial charge in [0.2, 0.25) is 0 Å². The second-order valence-corrected chi connectivity index (χ2v) is 4.21. The van der Waals surface area contributed by atoms with Crippen molar-refractivity contribution < 1.29 is 0 Å². The Balaban J connectivity index is 2.19. The Morgan fingerprint density at radius 2 is 2.07 bits per heavy atom. The van der Waals surface area contributed by atoms with Gasteiger partial charge >= 0.3 is 0 Å². The topological polar surface area (TPSA) is 43.8 Å². The highest BCUT2D eigenvalue weighted by atomic mass is 15.1. The number of aromatic nitrogens is 2. The number of rotatable bonds is 7. The minimum Gasteiger partial charge on any atom is -0.337 e. The molecule has 86 valence electrons. The lowest BCUT2D eigenvalue weighted by Crippen LogP contribution is -2.15. The molecule has 3 heteroatoms. The highest BCUT2D eigenvalue weighted by Crippen LogP contribution is 2.15. The van der Waals surface area contributed by atoms with E-state index < -0.39 is 0 Å². The molecule has 1 rings (SSSR count). The summed E-state index contributed by atoms with van der Waals surface area (Å²) in [6, 6.07) is 0.103. The van der Waals surface area contributed by atoms with Crippen molar-refractivity contribution in [1.29, 1.82) is 0 Å². The zero-order valence-electron chi connectivity index (χ0n) is 9.95. The molecule has 0 aromatic carbocycles. The van der Waals surface area contributed by atoms with Crippen molar-refractivity contribution in [2.75, 3.05) is 0 Å². The Morgan fingerprint density at radius 3 is 2.67 bits per heavy atom. The van der Waals surface area contributed by atoms with Crippen LogP contribution in [-0.2, 0) is 7.05 Å². The average molecular weight is 209 g/mol. The lowest BCUT2D eigenvalue weighted by molar-refractivity contribution is 0.528. The molecule has 0 aliphatic carbocycles. The van der Waals surface area contributed by atoms with E-state index in [4.69, 9.17) is 5.73 Å². The second kappa shape index (κ2) is 6.62. The normalized spacial score (nSPS) is 13.0. The van der Waals surface area contributed by atoms with Crippen molar-refractivity contribution in [3.8, 4) is 0 Å². The summed E-state index contributed by atoms with van der Waals surface area (Å²) >= 11 is 0. The molecule has 1 heterocycles. The van der Waals surface area contributed by atoms with Gasteiger partial charge in [-0.15, -0.1) is 0 Å². The standard InChI is InChI=1S/C12H23N3/c1-3-4-5-6-7-8-11(13)12-14-9-10-15(12)2/h9-11H,3-8,13H2,1-2H3. The molecule has 1 unspecified atom stereocenters. The third-order valence-electron chi connectivity index (χ3n) is 2.81. The van der Waals surface area contributed by atoms with Gasteiger partial charge in [0.05, 0.1) is 6.04 Å². The van der Waals surface area contributed by atoms with Gasteiger partial charge in [0.15, 0.2) is 0 Å². The van der Waals surface area contributed by atoms with E-state index in [1.807, 2.05) is 24.0 Å².